The summed E-state index contributed by atoms with van der Waals surface area (Å²) in [6.45, 7) is 3.49. The van der Waals surface area contributed by atoms with Crippen LogP contribution in [0.25, 0.3) is 11.3 Å². The number of hydrogen-bond acceptors (Lipinski definition) is 6. The number of fused-ring (bicyclic) bond motifs is 3. The predicted molar refractivity (Wildman–Crippen MR) is 105 cm³/mol. The third-order valence-corrected chi connectivity index (χ3v) is 4.95. The number of ether oxygens (including phenoxy) is 1. The molecule has 0 radical (unpaired) electrons. The number of aromatic nitrogens is 2. The quantitative estimate of drug-likeness (QED) is 0.739. The number of benzene rings is 1. The van der Waals surface area contributed by atoms with Gasteiger partial charge >= 0.3 is 11.9 Å². The Bertz CT molecular complexity index is 830. The molecular formula is C21H23N3O5. The van der Waals surface area contributed by atoms with Gasteiger partial charge in [-0.2, -0.15) is 0 Å². The van der Waals surface area contributed by atoms with E-state index in [1.165, 1.54) is 25.9 Å². The highest BCUT2D eigenvalue weighted by Crippen LogP contribution is 2.30. The highest BCUT2D eigenvalue weighted by Gasteiger charge is 2.35. The van der Waals surface area contributed by atoms with E-state index in [2.05, 4.69) is 15.1 Å². The van der Waals surface area contributed by atoms with Gasteiger partial charge in [0.25, 0.3) is 0 Å². The lowest BCUT2D eigenvalue weighted by Crippen LogP contribution is -2.52. The summed E-state index contributed by atoms with van der Waals surface area (Å²) in [7, 11) is 0. The number of carboxylic acids is 2. The summed E-state index contributed by atoms with van der Waals surface area (Å²) in [5, 5.41) is 24.2. The van der Waals surface area contributed by atoms with Crippen LogP contribution in [0.15, 0.2) is 54.6 Å². The molecule has 4 heterocycles. The fraction of sp³-hybridized carbons (Fsp3) is 0.333. The molecule has 2 aromatic rings. The van der Waals surface area contributed by atoms with E-state index in [1.54, 1.807) is 0 Å². The molecule has 1 aromatic heterocycles. The molecule has 29 heavy (non-hydrogen) atoms. The lowest BCUT2D eigenvalue weighted by Gasteiger charge is -2.44. The molecule has 1 unspecified atom stereocenters. The minimum atomic E-state index is -1.26. The van der Waals surface area contributed by atoms with Crippen LogP contribution in [0.3, 0.4) is 0 Å². The van der Waals surface area contributed by atoms with Crippen LogP contribution >= 0.6 is 0 Å². The summed E-state index contributed by atoms with van der Waals surface area (Å²) in [6.07, 6.45) is 3.90. The van der Waals surface area contributed by atoms with Gasteiger partial charge in [0.15, 0.2) is 0 Å². The zero-order valence-electron chi connectivity index (χ0n) is 15.8. The van der Waals surface area contributed by atoms with E-state index in [0.717, 1.165) is 17.8 Å². The Hall–Kier alpha value is -3.26. The van der Waals surface area contributed by atoms with Gasteiger partial charge in [-0.1, -0.05) is 30.3 Å². The molecule has 8 heteroatoms. The first-order chi connectivity index (χ1) is 14.0. The average molecular weight is 397 g/mol. The molecule has 5 rings (SSSR count). The molecule has 0 amide bonds. The van der Waals surface area contributed by atoms with Gasteiger partial charge in [-0.05, 0) is 37.9 Å². The first kappa shape index (κ1) is 20.5. The van der Waals surface area contributed by atoms with E-state index < -0.39 is 11.9 Å². The molecule has 0 spiro atoms. The second-order valence-corrected chi connectivity index (χ2v) is 6.93. The molecule has 3 aliphatic rings. The SMILES string of the molecule is O=C(O)/C=C/C(=O)O.c1ccc(-c2ccc(OC3CN4CCC3CC4)nn2)cc1. The third-order valence-electron chi connectivity index (χ3n) is 4.95. The van der Waals surface area contributed by atoms with Crippen LogP contribution in [-0.2, 0) is 9.59 Å². The molecule has 2 bridgehead atoms. The smallest absolute Gasteiger partial charge is 0.328 e. The van der Waals surface area contributed by atoms with E-state index in [1.807, 2.05) is 42.5 Å². The zero-order valence-corrected chi connectivity index (χ0v) is 15.8. The fourth-order valence-electron chi connectivity index (χ4n) is 3.49. The maximum atomic E-state index is 9.55. The van der Waals surface area contributed by atoms with E-state index in [-0.39, 0.29) is 6.10 Å². The van der Waals surface area contributed by atoms with E-state index in [9.17, 15) is 9.59 Å². The van der Waals surface area contributed by atoms with Gasteiger partial charge in [0.05, 0.1) is 5.69 Å². The minimum Gasteiger partial charge on any atom is -0.478 e. The number of carboxylic acid groups (broad SMARTS) is 2. The number of rotatable bonds is 5. The van der Waals surface area contributed by atoms with Crippen molar-refractivity contribution in [2.24, 2.45) is 5.92 Å². The van der Waals surface area contributed by atoms with Gasteiger partial charge in [-0.25, -0.2) is 9.59 Å². The van der Waals surface area contributed by atoms with Gasteiger partial charge in [-0.15, -0.1) is 10.2 Å². The Morgan fingerprint density at radius 1 is 0.966 bits per heavy atom. The van der Waals surface area contributed by atoms with Crippen molar-refractivity contribution in [2.45, 2.75) is 18.9 Å². The number of hydrogen-bond donors (Lipinski definition) is 2. The Labute approximate surface area is 168 Å². The van der Waals surface area contributed by atoms with E-state index >= 15 is 0 Å². The van der Waals surface area contributed by atoms with Crippen molar-refractivity contribution in [1.82, 2.24) is 15.1 Å². The molecule has 0 saturated carbocycles. The Morgan fingerprint density at radius 3 is 2.10 bits per heavy atom. The monoisotopic (exact) mass is 397 g/mol. The highest BCUT2D eigenvalue weighted by molar-refractivity contribution is 5.89. The number of piperidine rings is 3. The van der Waals surface area contributed by atoms with Crippen LogP contribution in [0.5, 0.6) is 5.88 Å². The molecule has 3 aliphatic heterocycles. The summed E-state index contributed by atoms with van der Waals surface area (Å²) in [5.41, 5.74) is 1.97. The minimum absolute atomic E-state index is 0.282. The van der Waals surface area contributed by atoms with Crippen molar-refractivity contribution < 1.29 is 24.5 Å². The van der Waals surface area contributed by atoms with Gasteiger partial charge < -0.3 is 14.9 Å². The van der Waals surface area contributed by atoms with Crippen LogP contribution < -0.4 is 4.74 Å². The van der Waals surface area contributed by atoms with Gasteiger partial charge in [-0.3, -0.25) is 4.90 Å². The Balaban J connectivity index is 0.000000258. The molecular weight excluding hydrogens is 374 g/mol. The van der Waals surface area contributed by atoms with Gasteiger partial charge in [0.2, 0.25) is 5.88 Å². The first-order valence-corrected chi connectivity index (χ1v) is 9.43. The summed E-state index contributed by atoms with van der Waals surface area (Å²) in [4.78, 5) is 21.6. The largest absolute Gasteiger partial charge is 0.478 e. The summed E-state index contributed by atoms with van der Waals surface area (Å²) >= 11 is 0. The average Bonchev–Trinajstić information content (AvgIpc) is 2.75. The Kier molecular flexibility index (Phi) is 6.91. The van der Waals surface area contributed by atoms with Gasteiger partial charge in [0, 0.05) is 30.3 Å². The zero-order chi connectivity index (χ0) is 20.6. The number of aliphatic carboxylic acids is 2. The maximum absolute atomic E-state index is 9.55. The van der Waals surface area contributed by atoms with E-state index in [0.29, 0.717) is 23.9 Å². The molecule has 3 saturated heterocycles. The van der Waals surface area contributed by atoms with Crippen LogP contribution in [-0.4, -0.2) is 63.0 Å². The molecule has 2 N–H and O–H groups in total. The second kappa shape index (κ2) is 9.79. The van der Waals surface area contributed by atoms with Crippen molar-refractivity contribution in [2.75, 3.05) is 19.6 Å². The first-order valence-electron chi connectivity index (χ1n) is 9.43. The topological polar surface area (TPSA) is 113 Å². The van der Waals surface area contributed by atoms with Crippen molar-refractivity contribution in [1.29, 1.82) is 0 Å². The predicted octanol–water partition coefficient (Wildman–Crippen LogP) is 2.33. The van der Waals surface area contributed by atoms with Crippen molar-refractivity contribution in [3.8, 4) is 17.1 Å². The van der Waals surface area contributed by atoms with Crippen LogP contribution in [0, 0.1) is 5.92 Å². The lowest BCUT2D eigenvalue weighted by molar-refractivity contribution is -0.134. The van der Waals surface area contributed by atoms with Crippen molar-refractivity contribution in [3.05, 3.63) is 54.6 Å². The summed E-state index contributed by atoms with van der Waals surface area (Å²) in [6, 6.07) is 14.0. The van der Waals surface area contributed by atoms with E-state index in [4.69, 9.17) is 14.9 Å². The lowest BCUT2D eigenvalue weighted by atomic mass is 9.86. The fourth-order valence-corrected chi connectivity index (χ4v) is 3.49. The summed E-state index contributed by atoms with van der Waals surface area (Å²) < 4.78 is 6.06. The number of carbonyl (C=O) groups is 2. The Morgan fingerprint density at radius 2 is 1.62 bits per heavy atom. The normalized spacial score (nSPS) is 22.6. The molecule has 0 aliphatic carbocycles. The summed E-state index contributed by atoms with van der Waals surface area (Å²) in [5.74, 6) is -1.18. The molecule has 1 aromatic carbocycles. The van der Waals surface area contributed by atoms with Crippen molar-refractivity contribution in [3.63, 3.8) is 0 Å². The van der Waals surface area contributed by atoms with Crippen LogP contribution in [0.1, 0.15) is 12.8 Å². The third kappa shape index (κ3) is 6.11. The van der Waals surface area contributed by atoms with Crippen LogP contribution in [0.4, 0.5) is 0 Å². The molecule has 8 nitrogen and oxygen atoms in total. The molecule has 152 valence electrons. The molecule has 1 atom stereocenters. The molecule has 3 fully saturated rings. The highest BCUT2D eigenvalue weighted by atomic mass is 16.5. The number of nitrogens with zero attached hydrogens (tertiary/aromatic N) is 3. The second-order valence-electron chi connectivity index (χ2n) is 6.93. The maximum Gasteiger partial charge on any atom is 0.328 e. The van der Waals surface area contributed by atoms with Crippen molar-refractivity contribution >= 4 is 11.9 Å². The standard InChI is InChI=1S/C17H19N3O.C4H4O4/c1-2-4-13(5-3-1)15-6-7-17(19-18-15)21-16-12-20-10-8-14(16)9-11-20;5-3(6)1-2-4(7)8/h1-7,14,16H,8-12H2;1-2H,(H,5,6)(H,7,8)/b;2-1+. The van der Waals surface area contributed by atoms with Gasteiger partial charge in [0.1, 0.15) is 6.10 Å². The van der Waals surface area contributed by atoms with Crippen LogP contribution in [0.2, 0.25) is 0 Å².